The highest BCUT2D eigenvalue weighted by Gasteiger charge is 2.12. The molecule has 6 heteroatoms. The van der Waals surface area contributed by atoms with E-state index in [0.29, 0.717) is 11.6 Å². The molecule has 0 saturated heterocycles. The van der Waals surface area contributed by atoms with Gasteiger partial charge >= 0.3 is 11.8 Å². The van der Waals surface area contributed by atoms with E-state index >= 15 is 0 Å². The van der Waals surface area contributed by atoms with Gasteiger partial charge in [-0.3, -0.25) is 9.59 Å². The van der Waals surface area contributed by atoms with Crippen LogP contribution in [-0.2, 0) is 9.59 Å². The van der Waals surface area contributed by atoms with Gasteiger partial charge in [0.05, 0.1) is 6.21 Å². The Morgan fingerprint density at radius 3 is 2.42 bits per heavy atom. The Kier molecular flexibility index (Phi) is 6.26. The number of carbonyl (C=O) groups is 2. The zero-order valence-corrected chi connectivity index (χ0v) is 15.0. The summed E-state index contributed by atoms with van der Waals surface area (Å²) in [7, 11) is 0. The number of anilines is 1. The molecule has 2 N–H and O–H groups in total. The molecular weight excluding hydrogens is 370 g/mol. The van der Waals surface area contributed by atoms with Crippen molar-refractivity contribution in [1.82, 2.24) is 5.43 Å². The molecular formula is C18H18BrN3O2. The second-order valence-electron chi connectivity index (χ2n) is 5.48. The third-order valence-corrected chi connectivity index (χ3v) is 3.76. The van der Waals surface area contributed by atoms with E-state index in [4.69, 9.17) is 0 Å². The van der Waals surface area contributed by atoms with Gasteiger partial charge in [0.15, 0.2) is 0 Å². The van der Waals surface area contributed by atoms with Gasteiger partial charge in [-0.2, -0.15) is 5.10 Å². The van der Waals surface area contributed by atoms with Gasteiger partial charge in [0.2, 0.25) is 0 Å². The van der Waals surface area contributed by atoms with Crippen LogP contribution in [-0.4, -0.2) is 18.0 Å². The van der Waals surface area contributed by atoms with Crippen molar-refractivity contribution in [2.24, 2.45) is 5.10 Å². The smallest absolute Gasteiger partial charge is 0.318 e. The Balaban J connectivity index is 1.88. The zero-order chi connectivity index (χ0) is 17.5. The highest BCUT2D eigenvalue weighted by molar-refractivity contribution is 9.10. The van der Waals surface area contributed by atoms with Crippen LogP contribution in [0.5, 0.6) is 0 Å². The SMILES string of the molecule is CC(C)c1ccc(/C=N\NC(=O)C(=O)Nc2cccc(Br)c2)cc1. The van der Waals surface area contributed by atoms with E-state index in [9.17, 15) is 9.59 Å². The Hall–Kier alpha value is -2.47. The molecule has 2 amide bonds. The molecule has 0 aliphatic heterocycles. The molecule has 5 nitrogen and oxygen atoms in total. The molecule has 0 aliphatic carbocycles. The van der Waals surface area contributed by atoms with Gasteiger partial charge in [0.25, 0.3) is 0 Å². The third kappa shape index (κ3) is 5.31. The van der Waals surface area contributed by atoms with Gasteiger partial charge in [-0.25, -0.2) is 5.43 Å². The fourth-order valence-electron chi connectivity index (χ4n) is 1.94. The maximum absolute atomic E-state index is 11.8. The number of hydrogen-bond acceptors (Lipinski definition) is 3. The lowest BCUT2D eigenvalue weighted by molar-refractivity contribution is -0.136. The Bertz CT molecular complexity index is 755. The topological polar surface area (TPSA) is 70.6 Å². The highest BCUT2D eigenvalue weighted by Crippen LogP contribution is 2.15. The number of hydrazone groups is 1. The Labute approximate surface area is 149 Å². The normalized spacial score (nSPS) is 10.8. The molecule has 2 aromatic rings. The quantitative estimate of drug-likeness (QED) is 0.477. The number of halogens is 1. The van der Waals surface area contributed by atoms with Crippen LogP contribution < -0.4 is 10.7 Å². The number of nitrogens with one attached hydrogen (secondary N) is 2. The molecule has 24 heavy (non-hydrogen) atoms. The first-order valence-electron chi connectivity index (χ1n) is 7.45. The average Bonchev–Trinajstić information content (AvgIpc) is 2.55. The third-order valence-electron chi connectivity index (χ3n) is 3.27. The molecule has 0 heterocycles. The van der Waals surface area contributed by atoms with Crippen molar-refractivity contribution < 1.29 is 9.59 Å². The second-order valence-corrected chi connectivity index (χ2v) is 6.40. The van der Waals surface area contributed by atoms with Gasteiger partial charge in [0, 0.05) is 10.2 Å². The first-order valence-corrected chi connectivity index (χ1v) is 8.25. The standard InChI is InChI=1S/C18H18BrN3O2/c1-12(2)14-8-6-13(7-9-14)11-20-22-18(24)17(23)21-16-5-3-4-15(19)10-16/h3-12H,1-2H3,(H,21,23)(H,22,24)/b20-11-. The summed E-state index contributed by atoms with van der Waals surface area (Å²) < 4.78 is 0.809. The van der Waals surface area contributed by atoms with E-state index in [2.05, 4.69) is 45.6 Å². The van der Waals surface area contributed by atoms with Crippen LogP contribution in [0.25, 0.3) is 0 Å². The van der Waals surface area contributed by atoms with Gasteiger partial charge in [-0.15, -0.1) is 0 Å². The molecule has 0 saturated carbocycles. The molecule has 0 radical (unpaired) electrons. The largest absolute Gasteiger partial charge is 0.329 e. The lowest BCUT2D eigenvalue weighted by atomic mass is 10.0. The number of rotatable bonds is 4. The molecule has 0 aliphatic rings. The number of benzene rings is 2. The number of hydrogen-bond donors (Lipinski definition) is 2. The minimum atomic E-state index is -0.829. The molecule has 2 rings (SSSR count). The summed E-state index contributed by atoms with van der Waals surface area (Å²) in [5.41, 5.74) is 4.80. The van der Waals surface area contributed by atoms with Crippen LogP contribution in [0.15, 0.2) is 58.1 Å². The van der Waals surface area contributed by atoms with Crippen LogP contribution in [0, 0.1) is 0 Å². The molecule has 2 aromatic carbocycles. The van der Waals surface area contributed by atoms with Crippen molar-refractivity contribution in [3.63, 3.8) is 0 Å². The summed E-state index contributed by atoms with van der Waals surface area (Å²) in [6.07, 6.45) is 1.49. The summed E-state index contributed by atoms with van der Waals surface area (Å²) in [5, 5.41) is 6.30. The van der Waals surface area contributed by atoms with Gasteiger partial charge < -0.3 is 5.32 Å². The highest BCUT2D eigenvalue weighted by atomic mass is 79.9. The number of amides is 2. The van der Waals surface area contributed by atoms with Crippen LogP contribution in [0.4, 0.5) is 5.69 Å². The van der Waals surface area contributed by atoms with E-state index in [0.717, 1.165) is 10.0 Å². The van der Waals surface area contributed by atoms with Gasteiger partial charge in [-0.1, -0.05) is 60.1 Å². The maximum Gasteiger partial charge on any atom is 0.329 e. The zero-order valence-electron chi connectivity index (χ0n) is 13.4. The monoisotopic (exact) mass is 387 g/mol. The predicted octanol–water partition coefficient (Wildman–Crippen LogP) is 3.66. The van der Waals surface area contributed by atoms with E-state index in [-0.39, 0.29) is 0 Å². The van der Waals surface area contributed by atoms with Crippen molar-refractivity contribution in [2.45, 2.75) is 19.8 Å². The molecule has 0 unspecified atom stereocenters. The van der Waals surface area contributed by atoms with Crippen LogP contribution in [0.2, 0.25) is 0 Å². The van der Waals surface area contributed by atoms with Crippen molar-refractivity contribution in [1.29, 1.82) is 0 Å². The fourth-order valence-corrected chi connectivity index (χ4v) is 2.34. The van der Waals surface area contributed by atoms with Crippen molar-refractivity contribution in [2.75, 3.05) is 5.32 Å². The van der Waals surface area contributed by atoms with Crippen LogP contribution >= 0.6 is 15.9 Å². The predicted molar refractivity (Wildman–Crippen MR) is 99.0 cm³/mol. The summed E-state index contributed by atoms with van der Waals surface area (Å²) in [5.74, 6) is -1.15. The summed E-state index contributed by atoms with van der Waals surface area (Å²) in [4.78, 5) is 23.5. The first kappa shape index (κ1) is 17.9. The molecule has 124 valence electrons. The van der Waals surface area contributed by atoms with Gasteiger partial charge in [-0.05, 0) is 35.2 Å². The Morgan fingerprint density at radius 2 is 1.79 bits per heavy atom. The second kappa shape index (κ2) is 8.40. The molecule has 0 aromatic heterocycles. The van der Waals surface area contributed by atoms with E-state index in [1.807, 2.05) is 30.3 Å². The van der Waals surface area contributed by atoms with Crippen molar-refractivity contribution in [3.8, 4) is 0 Å². The molecule has 0 fully saturated rings. The lowest BCUT2D eigenvalue weighted by Crippen LogP contribution is -2.32. The van der Waals surface area contributed by atoms with E-state index < -0.39 is 11.8 Å². The van der Waals surface area contributed by atoms with Crippen LogP contribution in [0.3, 0.4) is 0 Å². The summed E-state index contributed by atoms with van der Waals surface area (Å²) in [6.45, 7) is 4.24. The van der Waals surface area contributed by atoms with E-state index in [1.165, 1.54) is 11.8 Å². The summed E-state index contributed by atoms with van der Waals surface area (Å²) >= 11 is 3.30. The molecule has 0 bridgehead atoms. The number of nitrogens with zero attached hydrogens (tertiary/aromatic N) is 1. The fraction of sp³-hybridized carbons (Fsp3) is 0.167. The minimum absolute atomic E-state index is 0.456. The van der Waals surface area contributed by atoms with Crippen molar-refractivity contribution in [3.05, 3.63) is 64.1 Å². The van der Waals surface area contributed by atoms with Gasteiger partial charge in [0.1, 0.15) is 0 Å². The minimum Gasteiger partial charge on any atom is -0.318 e. The molecule has 0 spiro atoms. The van der Waals surface area contributed by atoms with Crippen molar-refractivity contribution >= 4 is 39.6 Å². The lowest BCUT2D eigenvalue weighted by Gasteiger charge is -2.05. The average molecular weight is 388 g/mol. The summed E-state index contributed by atoms with van der Waals surface area (Å²) in [6, 6.07) is 14.8. The Morgan fingerprint density at radius 1 is 1.08 bits per heavy atom. The number of carbonyl (C=O) groups excluding carboxylic acids is 2. The van der Waals surface area contributed by atoms with E-state index in [1.54, 1.807) is 18.2 Å². The molecule has 0 atom stereocenters. The first-order chi connectivity index (χ1) is 11.5. The maximum atomic E-state index is 11.8. The van der Waals surface area contributed by atoms with Crippen LogP contribution in [0.1, 0.15) is 30.9 Å².